The van der Waals surface area contributed by atoms with E-state index in [9.17, 15) is 4.79 Å². The topological polar surface area (TPSA) is 59.2 Å². The van der Waals surface area contributed by atoms with Gasteiger partial charge < -0.3 is 10.6 Å². The SMILES string of the molecule is CN(C(=O)CCc1ccccn1)C1CCCCC1CN. The third-order valence-corrected chi connectivity index (χ3v) is 4.38. The van der Waals surface area contributed by atoms with Gasteiger partial charge in [0.25, 0.3) is 0 Å². The number of rotatable bonds is 5. The normalized spacial score (nSPS) is 22.5. The Bertz CT molecular complexity index is 421. The molecule has 1 aliphatic rings. The van der Waals surface area contributed by atoms with Gasteiger partial charge in [0.15, 0.2) is 0 Å². The molecular formula is C16H25N3O. The van der Waals surface area contributed by atoms with Crippen LogP contribution in [-0.4, -0.2) is 35.4 Å². The van der Waals surface area contributed by atoms with E-state index in [2.05, 4.69) is 4.98 Å². The molecule has 0 aliphatic heterocycles. The molecule has 20 heavy (non-hydrogen) atoms. The van der Waals surface area contributed by atoms with Crippen LogP contribution in [0.1, 0.15) is 37.8 Å². The minimum Gasteiger partial charge on any atom is -0.342 e. The first-order chi connectivity index (χ1) is 9.72. The minimum atomic E-state index is 0.209. The number of hydrogen-bond acceptors (Lipinski definition) is 3. The van der Waals surface area contributed by atoms with Gasteiger partial charge in [0.1, 0.15) is 0 Å². The number of nitrogens with two attached hydrogens (primary N) is 1. The number of hydrogen-bond donors (Lipinski definition) is 1. The van der Waals surface area contributed by atoms with E-state index in [1.54, 1.807) is 6.20 Å². The third kappa shape index (κ3) is 3.79. The molecule has 4 heteroatoms. The van der Waals surface area contributed by atoms with Crippen molar-refractivity contribution in [2.75, 3.05) is 13.6 Å². The fraction of sp³-hybridized carbons (Fsp3) is 0.625. The van der Waals surface area contributed by atoms with Gasteiger partial charge in [-0.25, -0.2) is 0 Å². The van der Waals surface area contributed by atoms with E-state index in [-0.39, 0.29) is 5.91 Å². The maximum absolute atomic E-state index is 12.3. The smallest absolute Gasteiger partial charge is 0.222 e. The summed E-state index contributed by atoms with van der Waals surface area (Å²) in [4.78, 5) is 18.5. The fourth-order valence-corrected chi connectivity index (χ4v) is 3.12. The predicted molar refractivity (Wildman–Crippen MR) is 80.1 cm³/mol. The van der Waals surface area contributed by atoms with Crippen LogP contribution in [0.15, 0.2) is 24.4 Å². The minimum absolute atomic E-state index is 0.209. The molecule has 110 valence electrons. The zero-order valence-electron chi connectivity index (χ0n) is 12.3. The second-order valence-corrected chi connectivity index (χ2v) is 5.67. The van der Waals surface area contributed by atoms with Gasteiger partial charge in [-0.3, -0.25) is 9.78 Å². The lowest BCUT2D eigenvalue weighted by molar-refractivity contribution is -0.133. The Balaban J connectivity index is 1.87. The van der Waals surface area contributed by atoms with E-state index in [1.807, 2.05) is 30.1 Å². The van der Waals surface area contributed by atoms with Gasteiger partial charge in [-0.15, -0.1) is 0 Å². The molecule has 2 rings (SSSR count). The second kappa shape index (κ2) is 7.39. The lowest BCUT2D eigenvalue weighted by Gasteiger charge is -2.37. The van der Waals surface area contributed by atoms with Crippen LogP contribution in [0.3, 0.4) is 0 Å². The summed E-state index contributed by atoms with van der Waals surface area (Å²) in [7, 11) is 1.93. The van der Waals surface area contributed by atoms with Gasteiger partial charge in [0.05, 0.1) is 0 Å². The largest absolute Gasteiger partial charge is 0.342 e. The van der Waals surface area contributed by atoms with Crippen LogP contribution in [0, 0.1) is 5.92 Å². The van der Waals surface area contributed by atoms with Crippen LogP contribution in [0.5, 0.6) is 0 Å². The number of aromatic nitrogens is 1. The van der Waals surface area contributed by atoms with Crippen LogP contribution >= 0.6 is 0 Å². The van der Waals surface area contributed by atoms with Crippen molar-refractivity contribution in [1.29, 1.82) is 0 Å². The summed E-state index contributed by atoms with van der Waals surface area (Å²) in [6, 6.07) is 6.15. The van der Waals surface area contributed by atoms with Crippen LogP contribution < -0.4 is 5.73 Å². The summed E-state index contributed by atoms with van der Waals surface area (Å²) in [5.41, 5.74) is 6.83. The Morgan fingerprint density at radius 3 is 2.90 bits per heavy atom. The molecule has 2 N–H and O–H groups in total. The Morgan fingerprint density at radius 1 is 1.40 bits per heavy atom. The summed E-state index contributed by atoms with van der Waals surface area (Å²) in [6.07, 6.45) is 7.71. The summed E-state index contributed by atoms with van der Waals surface area (Å²) in [5.74, 6) is 0.675. The average molecular weight is 275 g/mol. The van der Waals surface area contributed by atoms with Gasteiger partial charge in [0, 0.05) is 31.4 Å². The maximum atomic E-state index is 12.3. The molecular weight excluding hydrogens is 250 g/mol. The molecule has 4 nitrogen and oxygen atoms in total. The summed E-state index contributed by atoms with van der Waals surface area (Å²) >= 11 is 0. The van der Waals surface area contributed by atoms with Crippen LogP contribution in [-0.2, 0) is 11.2 Å². The highest BCUT2D eigenvalue weighted by Gasteiger charge is 2.29. The van der Waals surface area contributed by atoms with Crippen LogP contribution in [0.2, 0.25) is 0 Å². The number of carbonyl (C=O) groups excluding carboxylic acids is 1. The quantitative estimate of drug-likeness (QED) is 0.894. The van der Waals surface area contributed by atoms with Gasteiger partial charge in [-0.05, 0) is 43.9 Å². The van der Waals surface area contributed by atoms with E-state index in [0.29, 0.717) is 31.3 Å². The number of pyridine rings is 1. The molecule has 1 fully saturated rings. The van der Waals surface area contributed by atoms with E-state index < -0.39 is 0 Å². The molecule has 2 unspecified atom stereocenters. The monoisotopic (exact) mass is 275 g/mol. The van der Waals surface area contributed by atoms with Crippen LogP contribution in [0.25, 0.3) is 0 Å². The highest BCUT2D eigenvalue weighted by Crippen LogP contribution is 2.27. The summed E-state index contributed by atoms with van der Waals surface area (Å²) in [5, 5.41) is 0. The molecule has 1 aliphatic carbocycles. The van der Waals surface area contributed by atoms with Gasteiger partial charge in [0.2, 0.25) is 5.91 Å². The average Bonchev–Trinajstić information content (AvgIpc) is 2.52. The Morgan fingerprint density at radius 2 is 2.20 bits per heavy atom. The molecule has 2 atom stereocenters. The van der Waals surface area contributed by atoms with Crippen molar-refractivity contribution in [2.45, 2.75) is 44.6 Å². The molecule has 0 saturated heterocycles. The molecule has 1 heterocycles. The molecule has 0 spiro atoms. The van der Waals surface area contributed by atoms with Gasteiger partial charge >= 0.3 is 0 Å². The van der Waals surface area contributed by atoms with Crippen molar-refractivity contribution in [2.24, 2.45) is 11.7 Å². The molecule has 0 radical (unpaired) electrons. The number of aryl methyl sites for hydroxylation is 1. The molecule has 1 amide bonds. The van der Waals surface area contributed by atoms with Crippen molar-refractivity contribution in [3.63, 3.8) is 0 Å². The highest BCUT2D eigenvalue weighted by atomic mass is 16.2. The van der Waals surface area contributed by atoms with Gasteiger partial charge in [-0.2, -0.15) is 0 Å². The molecule has 1 saturated carbocycles. The number of nitrogens with zero attached hydrogens (tertiary/aromatic N) is 2. The number of amides is 1. The summed E-state index contributed by atoms with van der Waals surface area (Å²) < 4.78 is 0. The first-order valence-corrected chi connectivity index (χ1v) is 7.58. The van der Waals surface area contributed by atoms with E-state index in [0.717, 1.165) is 18.5 Å². The summed E-state index contributed by atoms with van der Waals surface area (Å²) in [6.45, 7) is 0.683. The zero-order chi connectivity index (χ0) is 14.4. The van der Waals surface area contributed by atoms with Crippen molar-refractivity contribution < 1.29 is 4.79 Å². The standard InChI is InChI=1S/C16H25N3O/c1-19(15-8-3-2-6-13(15)12-17)16(20)10-9-14-7-4-5-11-18-14/h4-5,7,11,13,15H,2-3,6,8-10,12,17H2,1H3. The number of carbonyl (C=O) groups is 1. The highest BCUT2D eigenvalue weighted by molar-refractivity contribution is 5.76. The maximum Gasteiger partial charge on any atom is 0.222 e. The van der Waals surface area contributed by atoms with Crippen molar-refractivity contribution >= 4 is 5.91 Å². The van der Waals surface area contributed by atoms with E-state index in [4.69, 9.17) is 5.73 Å². The van der Waals surface area contributed by atoms with E-state index >= 15 is 0 Å². The third-order valence-electron chi connectivity index (χ3n) is 4.38. The molecule has 0 aromatic carbocycles. The fourth-order valence-electron chi connectivity index (χ4n) is 3.12. The van der Waals surface area contributed by atoms with Gasteiger partial charge in [-0.1, -0.05) is 18.9 Å². The zero-order valence-corrected chi connectivity index (χ0v) is 12.3. The Kier molecular flexibility index (Phi) is 5.53. The Hall–Kier alpha value is -1.42. The Labute approximate surface area is 121 Å². The first kappa shape index (κ1) is 15.0. The lowest BCUT2D eigenvalue weighted by atomic mass is 9.83. The van der Waals surface area contributed by atoms with E-state index in [1.165, 1.54) is 12.8 Å². The lowest BCUT2D eigenvalue weighted by Crippen LogP contribution is -2.46. The second-order valence-electron chi connectivity index (χ2n) is 5.67. The van der Waals surface area contributed by atoms with Crippen molar-refractivity contribution in [1.82, 2.24) is 9.88 Å². The molecule has 1 aromatic rings. The van der Waals surface area contributed by atoms with Crippen LogP contribution in [0.4, 0.5) is 0 Å². The first-order valence-electron chi connectivity index (χ1n) is 7.58. The molecule has 1 aromatic heterocycles. The molecule has 0 bridgehead atoms. The van der Waals surface area contributed by atoms with Crippen molar-refractivity contribution in [3.05, 3.63) is 30.1 Å². The van der Waals surface area contributed by atoms with Crippen molar-refractivity contribution in [3.8, 4) is 0 Å². The predicted octanol–water partition coefficient (Wildman–Crippen LogP) is 1.99.